The van der Waals surface area contributed by atoms with Crippen LogP contribution in [0.15, 0.2) is 24.8 Å². The van der Waals surface area contributed by atoms with E-state index in [1.165, 1.54) is 25.3 Å². The Morgan fingerprint density at radius 2 is 2.08 bits per heavy atom. The summed E-state index contributed by atoms with van der Waals surface area (Å²) in [6.45, 7) is 5.59. The second-order valence-electron chi connectivity index (χ2n) is 2.84. The van der Waals surface area contributed by atoms with Crippen LogP contribution in [0.2, 0.25) is 0 Å². The summed E-state index contributed by atoms with van der Waals surface area (Å²) < 4.78 is 0. The van der Waals surface area contributed by atoms with Crippen LogP contribution in [0.3, 0.4) is 0 Å². The highest BCUT2D eigenvalue weighted by Crippen LogP contribution is 2.00. The van der Waals surface area contributed by atoms with E-state index in [0.29, 0.717) is 6.42 Å². The molecule has 0 saturated heterocycles. The molecule has 0 fully saturated rings. The van der Waals surface area contributed by atoms with Gasteiger partial charge in [-0.1, -0.05) is 38.5 Å². The fourth-order valence-electron chi connectivity index (χ4n) is 0.913. The molecule has 0 saturated carbocycles. The minimum atomic E-state index is 0.0988. The van der Waals surface area contributed by atoms with Gasteiger partial charge in [-0.15, -0.1) is 0 Å². The summed E-state index contributed by atoms with van der Waals surface area (Å²) in [6.07, 6.45) is 10.7. The van der Waals surface area contributed by atoms with E-state index in [0.717, 1.165) is 6.42 Å². The first-order chi connectivity index (χ1) is 5.81. The Kier molecular flexibility index (Phi) is 7.66. The molecule has 12 heavy (non-hydrogen) atoms. The predicted octanol–water partition coefficient (Wildman–Crippen LogP) is 3.27. The first-order valence-electron chi connectivity index (χ1n) is 4.61. The Balaban J connectivity index is 3.25. The number of hydrogen-bond acceptors (Lipinski definition) is 1. The zero-order chi connectivity index (χ0) is 9.23. The average Bonchev–Trinajstić information content (AvgIpc) is 2.10. The summed E-state index contributed by atoms with van der Waals surface area (Å²) >= 11 is 0. The van der Waals surface area contributed by atoms with Crippen molar-refractivity contribution in [2.24, 2.45) is 0 Å². The number of allylic oxidation sites excluding steroid dienone is 3. The largest absolute Gasteiger partial charge is 0.295 e. The zero-order valence-corrected chi connectivity index (χ0v) is 7.88. The second kappa shape index (κ2) is 8.25. The Bertz CT molecular complexity index is 156. The number of carbonyl (C=O) groups excluding carboxylic acids is 1. The van der Waals surface area contributed by atoms with Gasteiger partial charge in [0.15, 0.2) is 5.78 Å². The van der Waals surface area contributed by atoms with Crippen LogP contribution in [-0.4, -0.2) is 5.78 Å². The fourth-order valence-corrected chi connectivity index (χ4v) is 0.913. The van der Waals surface area contributed by atoms with E-state index in [4.69, 9.17) is 0 Å². The topological polar surface area (TPSA) is 17.1 Å². The van der Waals surface area contributed by atoms with Gasteiger partial charge in [0.25, 0.3) is 0 Å². The standard InChI is InChI=1S/C11H18O/c1-3-5-6-7-8-9-10-11(12)4-2/h4,8-9H,2-3,5-7,10H2,1H3/b9-8-. The van der Waals surface area contributed by atoms with E-state index in [2.05, 4.69) is 19.6 Å². The van der Waals surface area contributed by atoms with E-state index in [1.54, 1.807) is 0 Å². The zero-order valence-electron chi connectivity index (χ0n) is 7.88. The smallest absolute Gasteiger partial charge is 0.158 e. The van der Waals surface area contributed by atoms with Crippen LogP contribution in [0.4, 0.5) is 0 Å². The molecule has 0 spiro atoms. The molecule has 0 bridgehead atoms. The highest BCUT2D eigenvalue weighted by atomic mass is 16.1. The van der Waals surface area contributed by atoms with Crippen molar-refractivity contribution in [2.45, 2.75) is 39.0 Å². The molecule has 1 nitrogen and oxygen atoms in total. The second-order valence-corrected chi connectivity index (χ2v) is 2.84. The molecule has 0 heterocycles. The van der Waals surface area contributed by atoms with Gasteiger partial charge < -0.3 is 0 Å². The summed E-state index contributed by atoms with van der Waals surface area (Å²) in [4.78, 5) is 10.7. The van der Waals surface area contributed by atoms with Gasteiger partial charge in [0.05, 0.1) is 0 Å². The van der Waals surface area contributed by atoms with E-state index in [1.807, 2.05) is 6.08 Å². The van der Waals surface area contributed by atoms with Crippen molar-refractivity contribution >= 4 is 5.78 Å². The normalized spacial score (nSPS) is 10.4. The van der Waals surface area contributed by atoms with Gasteiger partial charge in [-0.05, 0) is 18.9 Å². The van der Waals surface area contributed by atoms with Crippen LogP contribution in [-0.2, 0) is 4.79 Å². The fraction of sp³-hybridized carbons (Fsp3) is 0.545. The van der Waals surface area contributed by atoms with Crippen molar-refractivity contribution in [1.82, 2.24) is 0 Å². The number of rotatable bonds is 7. The van der Waals surface area contributed by atoms with Crippen LogP contribution < -0.4 is 0 Å². The van der Waals surface area contributed by atoms with Gasteiger partial charge in [-0.25, -0.2) is 0 Å². The SMILES string of the molecule is C=CC(=O)C/C=C\CCCCC. The average molecular weight is 166 g/mol. The lowest BCUT2D eigenvalue weighted by molar-refractivity contribution is -0.113. The molecule has 0 N–H and O–H groups in total. The first kappa shape index (κ1) is 11.2. The van der Waals surface area contributed by atoms with Gasteiger partial charge in [-0.2, -0.15) is 0 Å². The number of unbranched alkanes of at least 4 members (excludes halogenated alkanes) is 3. The Morgan fingerprint density at radius 3 is 2.67 bits per heavy atom. The van der Waals surface area contributed by atoms with Crippen LogP contribution in [0.1, 0.15) is 39.0 Å². The summed E-state index contributed by atoms with van der Waals surface area (Å²) in [5.41, 5.74) is 0. The molecular weight excluding hydrogens is 148 g/mol. The third-order valence-corrected chi connectivity index (χ3v) is 1.69. The minimum absolute atomic E-state index is 0.0988. The molecular formula is C11H18O. The molecule has 0 aromatic heterocycles. The lowest BCUT2D eigenvalue weighted by Gasteiger charge is -1.91. The lowest BCUT2D eigenvalue weighted by Crippen LogP contribution is -1.86. The monoisotopic (exact) mass is 166 g/mol. The molecule has 0 aliphatic heterocycles. The van der Waals surface area contributed by atoms with Crippen molar-refractivity contribution in [3.63, 3.8) is 0 Å². The lowest BCUT2D eigenvalue weighted by atomic mass is 10.2. The Hall–Kier alpha value is -0.850. The van der Waals surface area contributed by atoms with Gasteiger partial charge in [0.1, 0.15) is 0 Å². The maximum atomic E-state index is 10.7. The molecule has 0 atom stereocenters. The molecule has 68 valence electrons. The van der Waals surface area contributed by atoms with Crippen LogP contribution in [0.25, 0.3) is 0 Å². The van der Waals surface area contributed by atoms with Crippen molar-refractivity contribution in [3.8, 4) is 0 Å². The highest BCUT2D eigenvalue weighted by molar-refractivity contribution is 5.90. The van der Waals surface area contributed by atoms with Crippen LogP contribution in [0, 0.1) is 0 Å². The summed E-state index contributed by atoms with van der Waals surface area (Å²) in [6, 6.07) is 0. The maximum Gasteiger partial charge on any atom is 0.158 e. The van der Waals surface area contributed by atoms with Crippen LogP contribution in [0.5, 0.6) is 0 Å². The predicted molar refractivity (Wildman–Crippen MR) is 53.1 cm³/mol. The molecule has 0 aliphatic carbocycles. The molecule has 0 aromatic rings. The molecule has 0 aromatic carbocycles. The third kappa shape index (κ3) is 7.26. The van der Waals surface area contributed by atoms with E-state index in [9.17, 15) is 4.79 Å². The van der Waals surface area contributed by atoms with Crippen molar-refractivity contribution in [2.75, 3.05) is 0 Å². The van der Waals surface area contributed by atoms with Crippen molar-refractivity contribution < 1.29 is 4.79 Å². The number of carbonyl (C=O) groups is 1. The van der Waals surface area contributed by atoms with Crippen LogP contribution >= 0.6 is 0 Å². The molecule has 0 radical (unpaired) electrons. The molecule has 1 heteroatoms. The Morgan fingerprint density at radius 1 is 1.33 bits per heavy atom. The van der Waals surface area contributed by atoms with Crippen molar-refractivity contribution in [3.05, 3.63) is 24.8 Å². The minimum Gasteiger partial charge on any atom is -0.295 e. The summed E-state index contributed by atoms with van der Waals surface area (Å²) in [5, 5.41) is 0. The van der Waals surface area contributed by atoms with Crippen molar-refractivity contribution in [1.29, 1.82) is 0 Å². The quantitative estimate of drug-likeness (QED) is 0.322. The van der Waals surface area contributed by atoms with E-state index < -0.39 is 0 Å². The Labute approximate surface area is 75.2 Å². The molecule has 0 unspecified atom stereocenters. The number of ketones is 1. The summed E-state index contributed by atoms with van der Waals surface area (Å²) in [5.74, 6) is 0.0988. The highest BCUT2D eigenvalue weighted by Gasteiger charge is 1.88. The van der Waals surface area contributed by atoms with E-state index in [-0.39, 0.29) is 5.78 Å². The molecule has 0 aliphatic rings. The maximum absolute atomic E-state index is 10.7. The van der Waals surface area contributed by atoms with Gasteiger partial charge in [0, 0.05) is 6.42 Å². The molecule has 0 amide bonds. The summed E-state index contributed by atoms with van der Waals surface area (Å²) in [7, 11) is 0. The van der Waals surface area contributed by atoms with Gasteiger partial charge in [-0.3, -0.25) is 4.79 Å². The third-order valence-electron chi connectivity index (χ3n) is 1.69. The van der Waals surface area contributed by atoms with Gasteiger partial charge in [0.2, 0.25) is 0 Å². The molecule has 0 rings (SSSR count). The first-order valence-corrected chi connectivity index (χ1v) is 4.61. The van der Waals surface area contributed by atoms with E-state index >= 15 is 0 Å². The van der Waals surface area contributed by atoms with Gasteiger partial charge >= 0.3 is 0 Å². The number of hydrogen-bond donors (Lipinski definition) is 0.